The summed E-state index contributed by atoms with van der Waals surface area (Å²) in [6.07, 6.45) is 3.25. The predicted octanol–water partition coefficient (Wildman–Crippen LogP) is 2.53. The summed E-state index contributed by atoms with van der Waals surface area (Å²) >= 11 is 0. The molecular formula is C8H12. The first-order valence-corrected chi connectivity index (χ1v) is 3.07. The van der Waals surface area contributed by atoms with E-state index in [4.69, 9.17) is 0 Å². The molecule has 0 aromatic carbocycles. The zero-order chi connectivity index (χ0) is 6.15. The Kier molecular flexibility index (Phi) is 1.24. The molecule has 0 heteroatoms. The highest BCUT2D eigenvalue weighted by molar-refractivity contribution is 5.33. The van der Waals surface area contributed by atoms with Gasteiger partial charge in [0.15, 0.2) is 0 Å². The molecular weight excluding hydrogens is 96.1 g/mol. The van der Waals surface area contributed by atoms with E-state index in [1.807, 2.05) is 6.08 Å². The summed E-state index contributed by atoms with van der Waals surface area (Å²) < 4.78 is 0. The van der Waals surface area contributed by atoms with Gasteiger partial charge < -0.3 is 0 Å². The van der Waals surface area contributed by atoms with Crippen LogP contribution in [0, 0.1) is 5.92 Å². The monoisotopic (exact) mass is 108 g/mol. The molecule has 1 atom stereocenters. The second kappa shape index (κ2) is 1.77. The minimum absolute atomic E-state index is 0.855. The molecule has 44 valence electrons. The Hall–Kier alpha value is -0.520. The number of hydrogen-bond donors (Lipinski definition) is 0. The minimum atomic E-state index is 0.855. The van der Waals surface area contributed by atoms with Crippen LogP contribution in [0.1, 0.15) is 20.3 Å². The highest BCUT2D eigenvalue weighted by Crippen LogP contribution is 2.39. The number of hydrogen-bond acceptors (Lipinski definition) is 0. The standard InChI is InChI=1S/C8H12/c1-4-6(2)8-5-7(8)3/h4,7H,1,5H2,2-3H3. The van der Waals surface area contributed by atoms with Gasteiger partial charge in [-0.05, 0) is 19.3 Å². The Morgan fingerprint density at radius 1 is 1.88 bits per heavy atom. The second-order valence-electron chi connectivity index (χ2n) is 2.52. The molecule has 1 aliphatic carbocycles. The highest BCUT2D eigenvalue weighted by Gasteiger charge is 2.24. The fourth-order valence-corrected chi connectivity index (χ4v) is 0.952. The van der Waals surface area contributed by atoms with Crippen molar-refractivity contribution in [1.82, 2.24) is 0 Å². The van der Waals surface area contributed by atoms with Crippen LogP contribution in [0.3, 0.4) is 0 Å². The smallest absolute Gasteiger partial charge is 0.0188 e. The third-order valence-electron chi connectivity index (χ3n) is 1.77. The Morgan fingerprint density at radius 3 is 2.50 bits per heavy atom. The van der Waals surface area contributed by atoms with E-state index in [0.717, 1.165) is 5.92 Å². The minimum Gasteiger partial charge on any atom is -0.0988 e. The summed E-state index contributed by atoms with van der Waals surface area (Å²) in [6, 6.07) is 0. The SMILES string of the molecule is C=CC(C)=C1CC1C. The van der Waals surface area contributed by atoms with Crippen molar-refractivity contribution in [2.75, 3.05) is 0 Å². The maximum Gasteiger partial charge on any atom is -0.0188 e. The lowest BCUT2D eigenvalue weighted by molar-refractivity contribution is 1.02. The van der Waals surface area contributed by atoms with Crippen LogP contribution in [-0.2, 0) is 0 Å². The Bertz CT molecular complexity index is 140. The van der Waals surface area contributed by atoms with Gasteiger partial charge >= 0.3 is 0 Å². The van der Waals surface area contributed by atoms with E-state index < -0.39 is 0 Å². The third-order valence-corrected chi connectivity index (χ3v) is 1.77. The van der Waals surface area contributed by atoms with Gasteiger partial charge in [0.1, 0.15) is 0 Å². The zero-order valence-corrected chi connectivity index (χ0v) is 5.57. The summed E-state index contributed by atoms with van der Waals surface area (Å²) in [6.45, 7) is 8.08. The van der Waals surface area contributed by atoms with Gasteiger partial charge in [0.2, 0.25) is 0 Å². The van der Waals surface area contributed by atoms with Crippen LogP contribution >= 0.6 is 0 Å². The van der Waals surface area contributed by atoms with Crippen molar-refractivity contribution in [3.05, 3.63) is 23.8 Å². The lowest BCUT2D eigenvalue weighted by atomic mass is 10.2. The van der Waals surface area contributed by atoms with Gasteiger partial charge in [-0.1, -0.05) is 30.7 Å². The van der Waals surface area contributed by atoms with Gasteiger partial charge in [-0.25, -0.2) is 0 Å². The largest absolute Gasteiger partial charge is 0.0988 e. The molecule has 1 rings (SSSR count). The lowest BCUT2D eigenvalue weighted by Gasteiger charge is -1.83. The lowest BCUT2D eigenvalue weighted by Crippen LogP contribution is -1.64. The fourth-order valence-electron chi connectivity index (χ4n) is 0.952. The first kappa shape index (κ1) is 5.61. The maximum atomic E-state index is 3.70. The maximum absolute atomic E-state index is 3.70. The van der Waals surface area contributed by atoms with Gasteiger partial charge in [-0.3, -0.25) is 0 Å². The summed E-state index contributed by atoms with van der Waals surface area (Å²) in [7, 11) is 0. The molecule has 1 unspecified atom stereocenters. The molecule has 0 saturated heterocycles. The van der Waals surface area contributed by atoms with E-state index in [1.165, 1.54) is 12.0 Å². The van der Waals surface area contributed by atoms with Crippen LogP contribution in [0.4, 0.5) is 0 Å². The van der Waals surface area contributed by atoms with Crippen LogP contribution in [-0.4, -0.2) is 0 Å². The molecule has 8 heavy (non-hydrogen) atoms. The molecule has 1 saturated carbocycles. The fraction of sp³-hybridized carbons (Fsp3) is 0.500. The molecule has 1 aliphatic rings. The molecule has 0 aromatic rings. The van der Waals surface area contributed by atoms with E-state index in [2.05, 4.69) is 20.4 Å². The van der Waals surface area contributed by atoms with Crippen molar-refractivity contribution in [3.63, 3.8) is 0 Å². The topological polar surface area (TPSA) is 0 Å². The Balaban J connectivity index is 2.66. The van der Waals surface area contributed by atoms with Crippen LogP contribution in [0.2, 0.25) is 0 Å². The quantitative estimate of drug-likeness (QED) is 0.484. The molecule has 1 fully saturated rings. The van der Waals surface area contributed by atoms with Crippen molar-refractivity contribution >= 4 is 0 Å². The van der Waals surface area contributed by atoms with Gasteiger partial charge in [-0.2, -0.15) is 0 Å². The van der Waals surface area contributed by atoms with Gasteiger partial charge in [0.25, 0.3) is 0 Å². The summed E-state index contributed by atoms with van der Waals surface area (Å²) in [5.41, 5.74) is 2.98. The Labute approximate surface area is 50.9 Å². The van der Waals surface area contributed by atoms with Crippen LogP contribution in [0.5, 0.6) is 0 Å². The summed E-state index contributed by atoms with van der Waals surface area (Å²) in [4.78, 5) is 0. The normalized spacial score (nSPS) is 32.0. The average molecular weight is 108 g/mol. The molecule has 0 heterocycles. The van der Waals surface area contributed by atoms with Gasteiger partial charge in [0.05, 0.1) is 0 Å². The molecule has 0 spiro atoms. The molecule has 0 N–H and O–H groups in total. The molecule has 0 radical (unpaired) electrons. The third kappa shape index (κ3) is 0.835. The van der Waals surface area contributed by atoms with E-state index in [-0.39, 0.29) is 0 Å². The first-order valence-electron chi connectivity index (χ1n) is 3.07. The molecule has 0 nitrogen and oxygen atoms in total. The molecule has 0 aliphatic heterocycles. The van der Waals surface area contributed by atoms with Crippen LogP contribution < -0.4 is 0 Å². The first-order chi connectivity index (χ1) is 3.75. The van der Waals surface area contributed by atoms with E-state index in [0.29, 0.717) is 0 Å². The van der Waals surface area contributed by atoms with Crippen LogP contribution in [0.15, 0.2) is 23.8 Å². The second-order valence-corrected chi connectivity index (χ2v) is 2.52. The van der Waals surface area contributed by atoms with Gasteiger partial charge in [0, 0.05) is 0 Å². The predicted molar refractivity (Wildman–Crippen MR) is 36.7 cm³/mol. The van der Waals surface area contributed by atoms with Crippen LogP contribution in [0.25, 0.3) is 0 Å². The molecule has 0 amide bonds. The molecule has 0 aromatic heterocycles. The van der Waals surface area contributed by atoms with E-state index in [9.17, 15) is 0 Å². The van der Waals surface area contributed by atoms with Crippen molar-refractivity contribution in [1.29, 1.82) is 0 Å². The van der Waals surface area contributed by atoms with Crippen molar-refractivity contribution in [2.45, 2.75) is 20.3 Å². The number of rotatable bonds is 1. The van der Waals surface area contributed by atoms with E-state index >= 15 is 0 Å². The highest BCUT2D eigenvalue weighted by atomic mass is 14.3. The zero-order valence-electron chi connectivity index (χ0n) is 5.57. The van der Waals surface area contributed by atoms with Crippen molar-refractivity contribution in [3.8, 4) is 0 Å². The van der Waals surface area contributed by atoms with Gasteiger partial charge in [-0.15, -0.1) is 0 Å². The van der Waals surface area contributed by atoms with Crippen molar-refractivity contribution < 1.29 is 0 Å². The number of allylic oxidation sites excluding steroid dienone is 3. The molecule has 0 bridgehead atoms. The van der Waals surface area contributed by atoms with Crippen molar-refractivity contribution in [2.24, 2.45) is 5.92 Å². The summed E-state index contributed by atoms with van der Waals surface area (Å²) in [5, 5.41) is 0. The average Bonchev–Trinajstić information content (AvgIpc) is 2.45. The Morgan fingerprint density at radius 2 is 2.38 bits per heavy atom. The van der Waals surface area contributed by atoms with E-state index in [1.54, 1.807) is 5.57 Å². The summed E-state index contributed by atoms with van der Waals surface area (Å²) in [5.74, 6) is 0.855.